The van der Waals surface area contributed by atoms with Crippen LogP contribution in [0.25, 0.3) is 23.0 Å². The molecular formula is C28H19Cl2N3O4S2. The van der Waals surface area contributed by atoms with Gasteiger partial charge in [0.15, 0.2) is 0 Å². The minimum Gasteiger partial charge on any atom is -0.489 e. The predicted octanol–water partition coefficient (Wildman–Crippen LogP) is 6.71. The molecular weight excluding hydrogens is 577 g/mol. The molecule has 1 fully saturated rings. The highest BCUT2D eigenvalue weighted by Gasteiger charge is 2.33. The lowest BCUT2D eigenvalue weighted by molar-refractivity contribution is -0.140. The zero-order chi connectivity index (χ0) is 27.5. The molecule has 1 aliphatic heterocycles. The van der Waals surface area contributed by atoms with Crippen molar-refractivity contribution in [2.24, 2.45) is 0 Å². The number of carboxylic acids is 1. The zero-order valence-electron chi connectivity index (χ0n) is 20.1. The SMILES string of the molecule is O=C(O)CN1C(=O)/C(=C/c2cn(-c3ccccc3)nc2-c2ccc(OCc3ccc(Cl)cc3Cl)cc2)SC1=S. The predicted molar refractivity (Wildman–Crippen MR) is 157 cm³/mol. The summed E-state index contributed by atoms with van der Waals surface area (Å²) in [5.74, 6) is -0.940. The van der Waals surface area contributed by atoms with E-state index in [9.17, 15) is 9.59 Å². The molecule has 0 aliphatic carbocycles. The summed E-state index contributed by atoms with van der Waals surface area (Å²) in [7, 11) is 0. The lowest BCUT2D eigenvalue weighted by Gasteiger charge is -2.10. The Balaban J connectivity index is 1.44. The number of carbonyl (C=O) groups excluding carboxylic acids is 1. The van der Waals surface area contributed by atoms with Crippen molar-refractivity contribution < 1.29 is 19.4 Å². The molecule has 0 unspecified atom stereocenters. The number of amides is 1. The molecule has 4 aromatic rings. The first kappa shape index (κ1) is 27.0. The second-order valence-corrected chi connectivity index (χ2v) is 10.9. The van der Waals surface area contributed by atoms with Crippen molar-refractivity contribution in [2.75, 3.05) is 6.54 Å². The van der Waals surface area contributed by atoms with Gasteiger partial charge in [0.05, 0.1) is 16.3 Å². The van der Waals surface area contributed by atoms with Gasteiger partial charge in [-0.2, -0.15) is 5.10 Å². The molecule has 7 nitrogen and oxygen atoms in total. The van der Waals surface area contributed by atoms with E-state index in [4.69, 9.17) is 50.4 Å². The Kier molecular flexibility index (Phi) is 8.04. The molecule has 2 heterocycles. The topological polar surface area (TPSA) is 84.7 Å². The van der Waals surface area contributed by atoms with Crippen LogP contribution in [-0.2, 0) is 16.2 Å². The maximum Gasteiger partial charge on any atom is 0.323 e. The Morgan fingerprint density at radius 2 is 1.82 bits per heavy atom. The fourth-order valence-electron chi connectivity index (χ4n) is 3.85. The molecule has 1 saturated heterocycles. The third-order valence-corrected chi connectivity index (χ3v) is 7.72. The summed E-state index contributed by atoms with van der Waals surface area (Å²) in [5.41, 5.74) is 3.77. The van der Waals surface area contributed by atoms with Gasteiger partial charge >= 0.3 is 5.97 Å². The van der Waals surface area contributed by atoms with Crippen molar-refractivity contribution in [3.8, 4) is 22.7 Å². The number of hydrogen-bond donors (Lipinski definition) is 1. The van der Waals surface area contributed by atoms with Gasteiger partial charge in [-0.15, -0.1) is 0 Å². The van der Waals surface area contributed by atoms with E-state index in [0.717, 1.165) is 33.5 Å². The lowest BCUT2D eigenvalue weighted by Crippen LogP contribution is -2.33. The summed E-state index contributed by atoms with van der Waals surface area (Å²) >= 11 is 18.5. The maximum absolute atomic E-state index is 12.9. The van der Waals surface area contributed by atoms with E-state index in [1.165, 1.54) is 0 Å². The molecule has 5 rings (SSSR count). The van der Waals surface area contributed by atoms with Crippen LogP contribution in [0.3, 0.4) is 0 Å². The number of carbonyl (C=O) groups is 2. The summed E-state index contributed by atoms with van der Waals surface area (Å²) < 4.78 is 7.83. The van der Waals surface area contributed by atoms with Crippen LogP contribution < -0.4 is 4.74 Å². The number of thioether (sulfide) groups is 1. The quantitative estimate of drug-likeness (QED) is 0.179. The van der Waals surface area contributed by atoms with Gasteiger partial charge in [-0.1, -0.05) is 71.4 Å². The van der Waals surface area contributed by atoms with Gasteiger partial charge in [-0.05, 0) is 54.6 Å². The minimum atomic E-state index is -1.13. The van der Waals surface area contributed by atoms with Crippen molar-refractivity contribution in [1.29, 1.82) is 0 Å². The Labute approximate surface area is 243 Å². The van der Waals surface area contributed by atoms with E-state index in [1.54, 1.807) is 22.9 Å². The van der Waals surface area contributed by atoms with Gasteiger partial charge in [0, 0.05) is 32.9 Å². The number of benzene rings is 3. The van der Waals surface area contributed by atoms with Crippen molar-refractivity contribution in [3.63, 3.8) is 0 Å². The summed E-state index contributed by atoms with van der Waals surface area (Å²) in [6.07, 6.45) is 3.51. The van der Waals surface area contributed by atoms with Crippen LogP contribution in [0.2, 0.25) is 10.0 Å². The normalized spacial score (nSPS) is 14.3. The van der Waals surface area contributed by atoms with E-state index in [-0.39, 0.29) is 10.9 Å². The van der Waals surface area contributed by atoms with E-state index in [2.05, 4.69) is 0 Å². The third-order valence-electron chi connectivity index (χ3n) is 5.75. The van der Waals surface area contributed by atoms with Crippen molar-refractivity contribution >= 4 is 69.5 Å². The van der Waals surface area contributed by atoms with E-state index < -0.39 is 18.4 Å². The molecule has 1 N–H and O–H groups in total. The van der Waals surface area contributed by atoms with Gasteiger partial charge < -0.3 is 9.84 Å². The zero-order valence-corrected chi connectivity index (χ0v) is 23.2. The molecule has 0 bridgehead atoms. The van der Waals surface area contributed by atoms with Gasteiger partial charge in [0.2, 0.25) is 0 Å². The number of nitrogens with zero attached hydrogens (tertiary/aromatic N) is 3. The fourth-order valence-corrected chi connectivity index (χ4v) is 5.56. The number of halogens is 2. The molecule has 1 aromatic heterocycles. The van der Waals surface area contributed by atoms with Crippen molar-refractivity contribution in [1.82, 2.24) is 14.7 Å². The fraction of sp³-hybridized carbons (Fsp3) is 0.0714. The monoisotopic (exact) mass is 595 g/mol. The molecule has 3 aromatic carbocycles. The largest absolute Gasteiger partial charge is 0.489 e. The second kappa shape index (κ2) is 11.6. The van der Waals surface area contributed by atoms with Gasteiger partial charge in [-0.25, -0.2) is 4.68 Å². The van der Waals surface area contributed by atoms with Crippen LogP contribution in [0.5, 0.6) is 5.75 Å². The first-order valence-corrected chi connectivity index (χ1v) is 13.6. The van der Waals surface area contributed by atoms with Crippen LogP contribution in [-0.4, -0.2) is 42.5 Å². The lowest BCUT2D eigenvalue weighted by atomic mass is 10.1. The number of aromatic nitrogens is 2. The number of para-hydroxylation sites is 1. The number of hydrogen-bond acceptors (Lipinski definition) is 6. The van der Waals surface area contributed by atoms with Crippen LogP contribution in [0.4, 0.5) is 0 Å². The summed E-state index contributed by atoms with van der Waals surface area (Å²) in [6.45, 7) is -0.206. The minimum absolute atomic E-state index is 0.202. The number of rotatable bonds is 8. The highest BCUT2D eigenvalue weighted by Crippen LogP contribution is 2.35. The number of ether oxygens (including phenoxy) is 1. The van der Waals surface area contributed by atoms with E-state index >= 15 is 0 Å². The Hall–Kier alpha value is -3.63. The highest BCUT2D eigenvalue weighted by atomic mass is 35.5. The molecule has 0 saturated carbocycles. The summed E-state index contributed by atoms with van der Waals surface area (Å²) in [4.78, 5) is 25.5. The molecule has 1 amide bonds. The highest BCUT2D eigenvalue weighted by molar-refractivity contribution is 8.26. The second-order valence-electron chi connectivity index (χ2n) is 8.42. The van der Waals surface area contributed by atoms with Crippen molar-refractivity contribution in [3.05, 3.63) is 105 Å². The van der Waals surface area contributed by atoms with Crippen LogP contribution in [0, 0.1) is 0 Å². The summed E-state index contributed by atoms with van der Waals surface area (Å²) in [5, 5.41) is 15.0. The number of aliphatic carboxylic acids is 1. The van der Waals surface area contributed by atoms with Crippen LogP contribution in [0.1, 0.15) is 11.1 Å². The average Bonchev–Trinajstić information content (AvgIpc) is 3.45. The van der Waals surface area contributed by atoms with Gasteiger partial charge in [0.25, 0.3) is 5.91 Å². The maximum atomic E-state index is 12.9. The average molecular weight is 597 g/mol. The van der Waals surface area contributed by atoms with Gasteiger partial charge in [-0.3, -0.25) is 14.5 Å². The molecule has 0 radical (unpaired) electrons. The number of carboxylic acid groups (broad SMARTS) is 1. The molecule has 39 heavy (non-hydrogen) atoms. The van der Waals surface area contributed by atoms with E-state index in [1.807, 2.05) is 66.9 Å². The Morgan fingerprint density at radius 1 is 1.08 bits per heavy atom. The molecule has 1 aliphatic rings. The molecule has 0 atom stereocenters. The Morgan fingerprint density at radius 3 is 2.51 bits per heavy atom. The summed E-state index contributed by atoms with van der Waals surface area (Å²) in [6, 6.07) is 22.2. The number of thiocarbonyl (C=S) groups is 1. The Bertz CT molecular complexity index is 1610. The molecule has 0 spiro atoms. The third kappa shape index (κ3) is 6.17. The first-order chi connectivity index (χ1) is 18.8. The first-order valence-electron chi connectivity index (χ1n) is 11.6. The van der Waals surface area contributed by atoms with Gasteiger partial charge in [0.1, 0.15) is 23.2 Å². The van der Waals surface area contributed by atoms with E-state index in [0.29, 0.717) is 32.0 Å². The molecule has 196 valence electrons. The van der Waals surface area contributed by atoms with Crippen LogP contribution in [0.15, 0.2) is 83.9 Å². The van der Waals surface area contributed by atoms with Crippen LogP contribution >= 0.6 is 47.2 Å². The molecule has 11 heteroatoms. The van der Waals surface area contributed by atoms with Crippen molar-refractivity contribution in [2.45, 2.75) is 6.61 Å². The standard InChI is InChI=1S/C28H19Cl2N3O4S2/c29-20-9-6-18(23(30)13-20)16-37-22-10-7-17(8-11-22)26-19(14-33(31-26)21-4-2-1-3-5-21)12-24-27(36)32(15-25(34)35)28(38)39-24/h1-14H,15-16H2,(H,34,35)/b24-12-. The smallest absolute Gasteiger partial charge is 0.323 e.